The topological polar surface area (TPSA) is 41.9 Å². The van der Waals surface area contributed by atoms with E-state index >= 15 is 0 Å². The molecule has 21 heavy (non-hydrogen) atoms. The Morgan fingerprint density at radius 2 is 2.19 bits per heavy atom. The summed E-state index contributed by atoms with van der Waals surface area (Å²) in [7, 11) is 4.98. The maximum absolute atomic E-state index is 13.4. The highest BCUT2D eigenvalue weighted by Gasteiger charge is 2.19. The van der Waals surface area contributed by atoms with Crippen molar-refractivity contribution in [2.24, 2.45) is 4.99 Å². The van der Waals surface area contributed by atoms with Crippen molar-refractivity contribution in [3.8, 4) is 11.1 Å². The van der Waals surface area contributed by atoms with Gasteiger partial charge in [0, 0.05) is 25.0 Å². The highest BCUT2D eigenvalue weighted by Crippen LogP contribution is 2.39. The number of rotatable bonds is 4. The number of halogens is 1. The summed E-state index contributed by atoms with van der Waals surface area (Å²) in [5.41, 5.74) is 1.87. The number of benzene rings is 1. The molecular formula is C15H15FN2O2S. The van der Waals surface area contributed by atoms with Gasteiger partial charge in [-0.3, -0.25) is 0 Å². The molecule has 0 saturated carbocycles. The molecule has 0 aliphatic rings. The predicted molar refractivity (Wildman–Crippen MR) is 82.9 cm³/mol. The number of nitrogens with zero attached hydrogens (tertiary/aromatic N) is 2. The van der Waals surface area contributed by atoms with Gasteiger partial charge in [0.2, 0.25) is 0 Å². The van der Waals surface area contributed by atoms with Crippen LogP contribution in [-0.2, 0) is 4.74 Å². The Kier molecular flexibility index (Phi) is 4.70. The third-order valence-electron chi connectivity index (χ3n) is 2.69. The molecule has 1 aromatic carbocycles. The number of methoxy groups -OCH3 is 1. The van der Waals surface area contributed by atoms with Gasteiger partial charge >= 0.3 is 5.97 Å². The molecule has 0 atom stereocenters. The SMILES string of the molecule is COC(=O)c1scc(-c2cccc(F)c2)c1N=CN(C)C. The monoisotopic (exact) mass is 306 g/mol. The maximum Gasteiger partial charge on any atom is 0.350 e. The number of esters is 1. The van der Waals surface area contributed by atoms with E-state index in [1.807, 2.05) is 14.1 Å². The standard InChI is InChI=1S/C15H15FN2O2S/c1-18(2)9-17-13-12(8-21-14(13)15(19)20-3)10-5-4-6-11(16)7-10/h4-9H,1-3H3. The normalized spacial score (nSPS) is 10.9. The van der Waals surface area contributed by atoms with Crippen molar-refractivity contribution >= 4 is 29.3 Å². The summed E-state index contributed by atoms with van der Waals surface area (Å²) >= 11 is 1.23. The van der Waals surface area contributed by atoms with Gasteiger partial charge in [-0.25, -0.2) is 14.2 Å². The molecule has 0 amide bonds. The molecule has 1 aromatic heterocycles. The number of ether oxygens (including phenoxy) is 1. The molecule has 0 fully saturated rings. The number of hydrogen-bond donors (Lipinski definition) is 0. The van der Waals surface area contributed by atoms with Gasteiger partial charge < -0.3 is 9.64 Å². The van der Waals surface area contributed by atoms with Crippen molar-refractivity contribution in [2.45, 2.75) is 0 Å². The van der Waals surface area contributed by atoms with Crippen LogP contribution in [0.5, 0.6) is 0 Å². The zero-order chi connectivity index (χ0) is 15.4. The lowest BCUT2D eigenvalue weighted by molar-refractivity contribution is 0.0607. The summed E-state index contributed by atoms with van der Waals surface area (Å²) in [5, 5.41) is 1.78. The molecule has 0 aliphatic carbocycles. The van der Waals surface area contributed by atoms with Crippen LogP contribution in [0.1, 0.15) is 9.67 Å². The lowest BCUT2D eigenvalue weighted by Crippen LogP contribution is -2.07. The first-order valence-corrected chi connectivity index (χ1v) is 7.07. The van der Waals surface area contributed by atoms with Gasteiger partial charge in [-0.15, -0.1) is 11.3 Å². The quantitative estimate of drug-likeness (QED) is 0.493. The lowest BCUT2D eigenvalue weighted by atomic mass is 10.1. The Labute approximate surface area is 126 Å². The number of thiophene rings is 1. The average Bonchev–Trinajstić information content (AvgIpc) is 2.88. The smallest absolute Gasteiger partial charge is 0.350 e. The Bertz CT molecular complexity index is 680. The summed E-state index contributed by atoms with van der Waals surface area (Å²) < 4.78 is 18.2. The van der Waals surface area contributed by atoms with Crippen LogP contribution in [0, 0.1) is 5.82 Å². The third kappa shape index (κ3) is 3.46. The first kappa shape index (κ1) is 15.2. The van der Waals surface area contributed by atoms with Crippen molar-refractivity contribution in [2.75, 3.05) is 21.2 Å². The summed E-state index contributed by atoms with van der Waals surface area (Å²) in [6.45, 7) is 0. The van der Waals surface area contributed by atoms with Crippen molar-refractivity contribution in [3.63, 3.8) is 0 Å². The van der Waals surface area contributed by atoms with Gasteiger partial charge in [-0.1, -0.05) is 12.1 Å². The average molecular weight is 306 g/mol. The molecule has 0 spiro atoms. The third-order valence-corrected chi connectivity index (χ3v) is 3.64. The van der Waals surface area contributed by atoms with Crippen LogP contribution < -0.4 is 0 Å². The molecule has 110 valence electrons. The number of carbonyl (C=O) groups excluding carboxylic acids is 1. The molecule has 0 aliphatic heterocycles. The van der Waals surface area contributed by atoms with Gasteiger partial charge in [0.1, 0.15) is 10.7 Å². The largest absolute Gasteiger partial charge is 0.465 e. The van der Waals surface area contributed by atoms with E-state index in [-0.39, 0.29) is 5.82 Å². The van der Waals surface area contributed by atoms with E-state index in [4.69, 9.17) is 4.74 Å². The first-order chi connectivity index (χ1) is 10.0. The fourth-order valence-electron chi connectivity index (χ4n) is 1.75. The molecule has 2 aromatic rings. The summed E-state index contributed by atoms with van der Waals surface area (Å²) in [6.07, 6.45) is 1.59. The second-order valence-electron chi connectivity index (χ2n) is 4.54. The number of carbonyl (C=O) groups is 1. The zero-order valence-corrected chi connectivity index (χ0v) is 12.8. The van der Waals surface area contributed by atoms with Gasteiger partial charge in [-0.05, 0) is 17.7 Å². The van der Waals surface area contributed by atoms with Crippen LogP contribution in [0.25, 0.3) is 11.1 Å². The Morgan fingerprint density at radius 3 is 2.81 bits per heavy atom. The van der Waals surface area contributed by atoms with Crippen LogP contribution in [0.4, 0.5) is 10.1 Å². The molecule has 0 unspecified atom stereocenters. The van der Waals surface area contributed by atoms with Crippen LogP contribution in [0.15, 0.2) is 34.6 Å². The zero-order valence-electron chi connectivity index (χ0n) is 12.0. The Hall–Kier alpha value is -2.21. The van der Waals surface area contributed by atoms with Gasteiger partial charge in [-0.2, -0.15) is 0 Å². The van der Waals surface area contributed by atoms with E-state index in [0.29, 0.717) is 21.7 Å². The summed E-state index contributed by atoms with van der Waals surface area (Å²) in [6, 6.07) is 6.19. The second kappa shape index (κ2) is 6.49. The molecule has 0 radical (unpaired) electrons. The van der Waals surface area contributed by atoms with Crippen LogP contribution in [0.3, 0.4) is 0 Å². The maximum atomic E-state index is 13.4. The number of hydrogen-bond acceptors (Lipinski definition) is 4. The Morgan fingerprint density at radius 1 is 1.43 bits per heavy atom. The van der Waals surface area contributed by atoms with Crippen LogP contribution in [-0.4, -0.2) is 38.4 Å². The minimum Gasteiger partial charge on any atom is -0.465 e. The van der Waals surface area contributed by atoms with E-state index in [9.17, 15) is 9.18 Å². The molecular weight excluding hydrogens is 291 g/mol. The van der Waals surface area contributed by atoms with E-state index in [2.05, 4.69) is 4.99 Å². The molecule has 0 saturated heterocycles. The Balaban J connectivity index is 2.55. The molecule has 0 N–H and O–H groups in total. The summed E-state index contributed by atoms with van der Waals surface area (Å²) in [4.78, 5) is 18.3. The fourth-order valence-corrected chi connectivity index (χ4v) is 2.69. The van der Waals surface area contributed by atoms with Gasteiger partial charge in [0.25, 0.3) is 0 Å². The molecule has 2 rings (SSSR count). The van der Waals surface area contributed by atoms with E-state index in [1.54, 1.807) is 28.8 Å². The van der Waals surface area contributed by atoms with Gasteiger partial charge in [0.05, 0.1) is 19.1 Å². The van der Waals surface area contributed by atoms with Crippen molar-refractivity contribution in [3.05, 3.63) is 40.3 Å². The van der Waals surface area contributed by atoms with Crippen LogP contribution in [0.2, 0.25) is 0 Å². The highest BCUT2D eigenvalue weighted by molar-refractivity contribution is 7.13. The van der Waals surface area contributed by atoms with Crippen molar-refractivity contribution in [1.82, 2.24) is 4.90 Å². The van der Waals surface area contributed by atoms with Crippen LogP contribution >= 0.6 is 11.3 Å². The highest BCUT2D eigenvalue weighted by atomic mass is 32.1. The number of aliphatic imine (C=N–C) groups is 1. The summed E-state index contributed by atoms with van der Waals surface area (Å²) in [5.74, 6) is -0.783. The minimum absolute atomic E-state index is 0.333. The molecule has 1 heterocycles. The molecule has 0 bridgehead atoms. The van der Waals surface area contributed by atoms with E-state index in [1.165, 1.54) is 30.6 Å². The second-order valence-corrected chi connectivity index (χ2v) is 5.42. The lowest BCUT2D eigenvalue weighted by Gasteiger charge is -2.05. The van der Waals surface area contributed by atoms with E-state index < -0.39 is 5.97 Å². The fraction of sp³-hybridized carbons (Fsp3) is 0.200. The first-order valence-electron chi connectivity index (χ1n) is 6.19. The van der Waals surface area contributed by atoms with Crippen molar-refractivity contribution in [1.29, 1.82) is 0 Å². The van der Waals surface area contributed by atoms with E-state index in [0.717, 1.165) is 0 Å². The van der Waals surface area contributed by atoms with Gasteiger partial charge in [0.15, 0.2) is 0 Å². The van der Waals surface area contributed by atoms with Crippen molar-refractivity contribution < 1.29 is 13.9 Å². The predicted octanol–water partition coefficient (Wildman–Crippen LogP) is 3.56. The molecule has 4 nitrogen and oxygen atoms in total. The minimum atomic E-state index is -0.450. The molecule has 6 heteroatoms.